The summed E-state index contributed by atoms with van der Waals surface area (Å²) < 4.78 is 19.2. The van der Waals surface area contributed by atoms with Crippen molar-refractivity contribution in [2.75, 3.05) is 14.2 Å². The molecule has 6 heteroatoms. The topological polar surface area (TPSA) is 18.5 Å². The van der Waals surface area contributed by atoms with Gasteiger partial charge < -0.3 is 9.47 Å². The van der Waals surface area contributed by atoms with Crippen molar-refractivity contribution in [3.63, 3.8) is 0 Å². The third-order valence-corrected chi connectivity index (χ3v) is 8.68. The van der Waals surface area contributed by atoms with E-state index in [0.29, 0.717) is 0 Å². The standard InChI is InChI=1S/C14H12O2S4/c1-5-7(15-3)9-11(17-5)13-14(19-9)12-10(20-13)8(16-4)6(2)18-12/h1-4H3. The fourth-order valence-corrected chi connectivity index (χ4v) is 8.37. The lowest BCUT2D eigenvalue weighted by atomic mass is 10.4. The molecule has 2 nitrogen and oxygen atoms in total. The summed E-state index contributed by atoms with van der Waals surface area (Å²) in [6.45, 7) is 4.26. The lowest BCUT2D eigenvalue weighted by Crippen LogP contribution is -1.80. The van der Waals surface area contributed by atoms with E-state index in [2.05, 4.69) is 13.8 Å². The van der Waals surface area contributed by atoms with E-state index in [1.807, 2.05) is 45.3 Å². The highest BCUT2D eigenvalue weighted by Gasteiger charge is 2.22. The maximum atomic E-state index is 5.56. The number of aryl methyl sites for hydroxylation is 2. The quantitative estimate of drug-likeness (QED) is 0.444. The molecule has 4 rings (SSSR count). The van der Waals surface area contributed by atoms with Gasteiger partial charge in [0.25, 0.3) is 0 Å². The van der Waals surface area contributed by atoms with Crippen LogP contribution in [0.2, 0.25) is 0 Å². The van der Waals surface area contributed by atoms with Crippen LogP contribution < -0.4 is 9.47 Å². The molecule has 0 unspecified atom stereocenters. The molecular formula is C14H12O2S4. The Morgan fingerprint density at radius 1 is 0.550 bits per heavy atom. The van der Waals surface area contributed by atoms with Crippen LogP contribution in [0.15, 0.2) is 0 Å². The Balaban J connectivity index is 2.17. The normalized spacial score (nSPS) is 12.0. The van der Waals surface area contributed by atoms with Crippen molar-refractivity contribution in [3.05, 3.63) is 9.75 Å². The van der Waals surface area contributed by atoms with Gasteiger partial charge in [-0.25, -0.2) is 0 Å². The summed E-state index contributed by atoms with van der Waals surface area (Å²) in [6.07, 6.45) is 0. The number of rotatable bonds is 2. The maximum absolute atomic E-state index is 5.56. The molecule has 0 bridgehead atoms. The minimum atomic E-state index is 1.05. The molecule has 4 aromatic rings. The van der Waals surface area contributed by atoms with Gasteiger partial charge in [0.1, 0.15) is 11.5 Å². The van der Waals surface area contributed by atoms with Crippen LogP contribution in [0.25, 0.3) is 28.2 Å². The molecular weight excluding hydrogens is 328 g/mol. The highest BCUT2D eigenvalue weighted by atomic mass is 32.1. The minimum Gasteiger partial charge on any atom is -0.494 e. The van der Waals surface area contributed by atoms with Crippen LogP contribution in [0.4, 0.5) is 0 Å². The Bertz CT molecular complexity index is 872. The Morgan fingerprint density at radius 3 is 1.25 bits per heavy atom. The van der Waals surface area contributed by atoms with Gasteiger partial charge >= 0.3 is 0 Å². The second kappa shape index (κ2) is 4.34. The molecule has 0 atom stereocenters. The molecule has 20 heavy (non-hydrogen) atoms. The van der Waals surface area contributed by atoms with E-state index in [9.17, 15) is 0 Å². The monoisotopic (exact) mass is 340 g/mol. The zero-order chi connectivity index (χ0) is 14.0. The third kappa shape index (κ3) is 1.48. The van der Waals surface area contributed by atoms with Crippen LogP contribution in [-0.2, 0) is 0 Å². The van der Waals surface area contributed by atoms with E-state index in [4.69, 9.17) is 9.47 Å². The molecule has 0 spiro atoms. The van der Waals surface area contributed by atoms with Gasteiger partial charge in [0.05, 0.1) is 42.4 Å². The van der Waals surface area contributed by atoms with Crippen molar-refractivity contribution in [1.29, 1.82) is 0 Å². The first-order valence-corrected chi connectivity index (χ1v) is 9.37. The zero-order valence-electron chi connectivity index (χ0n) is 11.4. The van der Waals surface area contributed by atoms with Gasteiger partial charge in [-0.05, 0) is 13.8 Å². The predicted molar refractivity (Wildman–Crippen MR) is 93.0 cm³/mol. The van der Waals surface area contributed by atoms with Gasteiger partial charge in [-0.2, -0.15) is 0 Å². The second-order valence-corrected chi connectivity index (χ2v) is 9.05. The summed E-state index contributed by atoms with van der Waals surface area (Å²) >= 11 is 7.38. The molecule has 4 aromatic heterocycles. The average Bonchev–Trinajstić information content (AvgIpc) is 3.07. The largest absolute Gasteiger partial charge is 0.494 e. The van der Waals surface area contributed by atoms with Crippen molar-refractivity contribution in [2.45, 2.75) is 13.8 Å². The molecule has 4 heterocycles. The Kier molecular flexibility index (Phi) is 2.79. The fraction of sp³-hybridized carbons (Fsp3) is 0.286. The van der Waals surface area contributed by atoms with Crippen LogP contribution in [0.5, 0.6) is 11.5 Å². The SMILES string of the molecule is COc1c(C)sc2c1sc1c3sc(C)c(OC)c3sc21. The average molecular weight is 341 g/mol. The highest BCUT2D eigenvalue weighted by Crippen LogP contribution is 2.55. The molecule has 0 radical (unpaired) electrons. The van der Waals surface area contributed by atoms with E-state index in [1.165, 1.54) is 38.0 Å². The van der Waals surface area contributed by atoms with E-state index < -0.39 is 0 Å². The molecule has 0 N–H and O–H groups in total. The van der Waals surface area contributed by atoms with Gasteiger partial charge in [0.15, 0.2) is 0 Å². The summed E-state index contributed by atoms with van der Waals surface area (Å²) in [5.74, 6) is 2.10. The maximum Gasteiger partial charge on any atom is 0.150 e. The Labute approximate surface area is 132 Å². The van der Waals surface area contributed by atoms with E-state index >= 15 is 0 Å². The van der Waals surface area contributed by atoms with Gasteiger partial charge in [0, 0.05) is 9.75 Å². The fourth-order valence-electron chi connectivity index (χ4n) is 2.57. The number of ether oxygens (including phenoxy) is 2. The summed E-state index contributed by atoms with van der Waals surface area (Å²) in [4.78, 5) is 2.52. The molecule has 0 aliphatic heterocycles. The Morgan fingerprint density at radius 2 is 0.900 bits per heavy atom. The van der Waals surface area contributed by atoms with Crippen molar-refractivity contribution in [3.8, 4) is 11.5 Å². The van der Waals surface area contributed by atoms with Gasteiger partial charge in [-0.1, -0.05) is 0 Å². The first-order valence-electron chi connectivity index (χ1n) is 6.11. The lowest BCUT2D eigenvalue weighted by Gasteiger charge is -1.95. The molecule has 104 valence electrons. The number of hydrogen-bond acceptors (Lipinski definition) is 6. The minimum absolute atomic E-state index is 1.05. The molecule has 0 saturated heterocycles. The van der Waals surface area contributed by atoms with Crippen molar-refractivity contribution in [2.24, 2.45) is 0 Å². The summed E-state index contributed by atoms with van der Waals surface area (Å²) in [6, 6.07) is 0. The smallest absolute Gasteiger partial charge is 0.150 e. The molecule has 0 aliphatic carbocycles. The molecule has 0 aromatic carbocycles. The van der Waals surface area contributed by atoms with Crippen molar-refractivity contribution in [1.82, 2.24) is 0 Å². The summed E-state index contributed by atoms with van der Waals surface area (Å²) in [5.41, 5.74) is 0. The van der Waals surface area contributed by atoms with Gasteiger partial charge in [0.2, 0.25) is 0 Å². The van der Waals surface area contributed by atoms with Crippen LogP contribution >= 0.6 is 45.3 Å². The second-order valence-electron chi connectivity index (χ2n) is 4.56. The Hall–Kier alpha value is -0.820. The van der Waals surface area contributed by atoms with E-state index in [0.717, 1.165) is 11.5 Å². The molecule has 0 saturated carbocycles. The molecule has 0 aliphatic rings. The molecule has 0 amide bonds. The zero-order valence-corrected chi connectivity index (χ0v) is 14.7. The van der Waals surface area contributed by atoms with Crippen LogP contribution in [-0.4, -0.2) is 14.2 Å². The third-order valence-electron chi connectivity index (χ3n) is 3.41. The van der Waals surface area contributed by atoms with Gasteiger partial charge in [-0.3, -0.25) is 0 Å². The van der Waals surface area contributed by atoms with Crippen LogP contribution in [0, 0.1) is 13.8 Å². The molecule has 0 fully saturated rings. The van der Waals surface area contributed by atoms with Crippen LogP contribution in [0.1, 0.15) is 9.75 Å². The summed E-state index contributed by atoms with van der Waals surface area (Å²) in [7, 11) is 3.52. The number of methoxy groups -OCH3 is 2. The van der Waals surface area contributed by atoms with E-state index in [1.54, 1.807) is 14.2 Å². The highest BCUT2D eigenvalue weighted by molar-refractivity contribution is 7.45. The first-order chi connectivity index (χ1) is 9.65. The predicted octanol–water partition coefficient (Wildman–Crippen LogP) is 6.03. The van der Waals surface area contributed by atoms with E-state index in [-0.39, 0.29) is 0 Å². The first kappa shape index (κ1) is 12.9. The number of hydrogen-bond donors (Lipinski definition) is 0. The summed E-state index contributed by atoms with van der Waals surface area (Å²) in [5, 5.41) is 0. The van der Waals surface area contributed by atoms with Crippen LogP contribution in [0.3, 0.4) is 0 Å². The number of fused-ring (bicyclic) bond motifs is 5. The van der Waals surface area contributed by atoms with Crippen molar-refractivity contribution < 1.29 is 9.47 Å². The number of thiophene rings is 4. The lowest BCUT2D eigenvalue weighted by molar-refractivity contribution is 0.419. The van der Waals surface area contributed by atoms with Crippen molar-refractivity contribution >= 4 is 73.5 Å². The van der Waals surface area contributed by atoms with Gasteiger partial charge in [-0.15, -0.1) is 45.3 Å².